The van der Waals surface area contributed by atoms with Gasteiger partial charge in [0.2, 0.25) is 0 Å². The number of hydrogen-bond acceptors (Lipinski definition) is 3. The van der Waals surface area contributed by atoms with Crippen LogP contribution in [0.1, 0.15) is 97.3 Å². The van der Waals surface area contributed by atoms with Crippen LogP contribution < -0.4 is 4.74 Å². The molecule has 0 atom stereocenters. The van der Waals surface area contributed by atoms with Gasteiger partial charge in [-0.25, -0.2) is 31.1 Å². The van der Waals surface area contributed by atoms with Gasteiger partial charge in [0.05, 0.1) is 0 Å². The molecule has 0 bridgehead atoms. The summed E-state index contributed by atoms with van der Waals surface area (Å²) < 4.78 is 91.3. The second kappa shape index (κ2) is 15.1. The standard InChI is InChI=1S/C35H33F6NO2/c1-2-3-4-5-21-6-8-22(9-7-21)10-11-23-14-28(36)26(29(37)15-23)13-12-24-16-32(40)34(33(41)17-24)35(43)44-25-18-30(38)27(20-42)31(39)19-25/h12-19,21-22H,2-11H2,1H3/b13-12+. The van der Waals surface area contributed by atoms with Crippen LogP contribution in [0.2, 0.25) is 0 Å². The van der Waals surface area contributed by atoms with E-state index in [0.717, 1.165) is 49.5 Å². The summed E-state index contributed by atoms with van der Waals surface area (Å²) in [6.07, 6.45) is 13.3. The Labute approximate surface area is 253 Å². The van der Waals surface area contributed by atoms with Crippen LogP contribution in [-0.4, -0.2) is 5.97 Å². The molecule has 1 fully saturated rings. The van der Waals surface area contributed by atoms with Crippen LogP contribution in [0.25, 0.3) is 12.2 Å². The molecule has 3 aromatic rings. The van der Waals surface area contributed by atoms with Crippen LogP contribution in [0.4, 0.5) is 26.3 Å². The molecule has 0 N–H and O–H groups in total. The van der Waals surface area contributed by atoms with Crippen molar-refractivity contribution < 1.29 is 35.9 Å². The van der Waals surface area contributed by atoms with E-state index in [1.54, 1.807) is 0 Å². The number of rotatable bonds is 11. The largest absolute Gasteiger partial charge is 0.423 e. The van der Waals surface area contributed by atoms with Gasteiger partial charge in [0.15, 0.2) is 0 Å². The van der Waals surface area contributed by atoms with Crippen LogP contribution in [-0.2, 0) is 6.42 Å². The van der Waals surface area contributed by atoms with E-state index in [1.807, 2.05) is 0 Å². The van der Waals surface area contributed by atoms with Crippen LogP contribution in [0.15, 0.2) is 36.4 Å². The molecule has 0 saturated heterocycles. The molecule has 1 aliphatic rings. The van der Waals surface area contributed by atoms with Gasteiger partial charge in [0, 0.05) is 17.7 Å². The van der Waals surface area contributed by atoms with Crippen molar-refractivity contribution in [1.82, 2.24) is 0 Å². The molecule has 0 unspecified atom stereocenters. The lowest BCUT2D eigenvalue weighted by atomic mass is 9.78. The van der Waals surface area contributed by atoms with Gasteiger partial charge in [-0.05, 0) is 66.1 Å². The molecule has 0 aromatic heterocycles. The molecule has 4 rings (SSSR count). The number of nitrogens with zero attached hydrogens (tertiary/aromatic N) is 1. The quantitative estimate of drug-likeness (QED) is 0.0711. The first-order valence-corrected chi connectivity index (χ1v) is 14.9. The SMILES string of the molecule is CCCCCC1CCC(CCc2cc(F)c(/C=C/c3cc(F)c(C(=O)Oc4cc(F)c(C#N)c(F)c4)c(F)c3)c(F)c2)CC1. The van der Waals surface area contributed by atoms with E-state index in [2.05, 4.69) is 6.92 Å². The van der Waals surface area contributed by atoms with Gasteiger partial charge >= 0.3 is 5.97 Å². The summed E-state index contributed by atoms with van der Waals surface area (Å²) in [5, 5.41) is 8.72. The maximum atomic E-state index is 14.8. The van der Waals surface area contributed by atoms with Crippen molar-refractivity contribution in [3.63, 3.8) is 0 Å². The van der Waals surface area contributed by atoms with Gasteiger partial charge in [-0.2, -0.15) is 5.26 Å². The Balaban J connectivity index is 1.38. The number of aryl methyl sites for hydroxylation is 1. The van der Waals surface area contributed by atoms with Crippen molar-refractivity contribution in [3.8, 4) is 11.8 Å². The fraction of sp³-hybridized carbons (Fsp3) is 0.371. The predicted octanol–water partition coefficient (Wildman–Crippen LogP) is 10.1. The highest BCUT2D eigenvalue weighted by atomic mass is 19.2. The Bertz CT molecular complexity index is 1500. The molecule has 44 heavy (non-hydrogen) atoms. The van der Waals surface area contributed by atoms with E-state index in [9.17, 15) is 31.1 Å². The van der Waals surface area contributed by atoms with E-state index in [-0.39, 0.29) is 11.1 Å². The Morgan fingerprint density at radius 2 is 1.36 bits per heavy atom. The maximum Gasteiger partial charge on any atom is 0.349 e. The van der Waals surface area contributed by atoms with Crippen molar-refractivity contribution in [2.75, 3.05) is 0 Å². The number of hydrogen-bond donors (Lipinski definition) is 0. The molecule has 0 radical (unpaired) electrons. The fourth-order valence-corrected chi connectivity index (χ4v) is 5.74. The zero-order chi connectivity index (χ0) is 31.8. The van der Waals surface area contributed by atoms with Crippen molar-refractivity contribution in [3.05, 3.63) is 99.1 Å². The van der Waals surface area contributed by atoms with Crippen LogP contribution >= 0.6 is 0 Å². The number of benzene rings is 3. The van der Waals surface area contributed by atoms with Crippen molar-refractivity contribution >= 4 is 18.1 Å². The summed E-state index contributed by atoms with van der Waals surface area (Å²) in [6, 6.07) is 6.39. The first kappa shape index (κ1) is 32.8. The fourth-order valence-electron chi connectivity index (χ4n) is 5.74. The Morgan fingerprint density at radius 1 is 0.795 bits per heavy atom. The second-order valence-electron chi connectivity index (χ2n) is 11.4. The molecule has 0 heterocycles. The highest BCUT2D eigenvalue weighted by Gasteiger charge is 2.23. The second-order valence-corrected chi connectivity index (χ2v) is 11.4. The molecule has 1 saturated carbocycles. The summed E-state index contributed by atoms with van der Waals surface area (Å²) in [7, 11) is 0. The Kier molecular flexibility index (Phi) is 11.3. The summed E-state index contributed by atoms with van der Waals surface area (Å²) in [6.45, 7) is 2.20. The first-order chi connectivity index (χ1) is 21.1. The normalized spacial score (nSPS) is 16.7. The van der Waals surface area contributed by atoms with Crippen LogP contribution in [0, 0.1) is 58.1 Å². The zero-order valence-electron chi connectivity index (χ0n) is 24.4. The van der Waals surface area contributed by atoms with Crippen LogP contribution in [0.3, 0.4) is 0 Å². The number of ether oxygens (including phenoxy) is 1. The molecular formula is C35H33F6NO2. The van der Waals surface area contributed by atoms with E-state index < -0.39 is 57.7 Å². The third kappa shape index (κ3) is 8.31. The Morgan fingerprint density at radius 3 is 1.91 bits per heavy atom. The number of nitriles is 1. The van der Waals surface area contributed by atoms with Crippen molar-refractivity contribution in [2.24, 2.45) is 11.8 Å². The van der Waals surface area contributed by atoms with E-state index in [4.69, 9.17) is 10.00 Å². The molecule has 232 valence electrons. The first-order valence-electron chi connectivity index (χ1n) is 14.9. The molecule has 0 aliphatic heterocycles. The molecule has 0 amide bonds. The van der Waals surface area contributed by atoms with Gasteiger partial charge in [-0.15, -0.1) is 0 Å². The molecule has 3 aromatic carbocycles. The van der Waals surface area contributed by atoms with Gasteiger partial charge in [0.1, 0.15) is 57.8 Å². The minimum atomic E-state index is -1.58. The molecular weight excluding hydrogens is 580 g/mol. The zero-order valence-corrected chi connectivity index (χ0v) is 24.4. The summed E-state index contributed by atoms with van der Waals surface area (Å²) >= 11 is 0. The topological polar surface area (TPSA) is 50.1 Å². The summed E-state index contributed by atoms with van der Waals surface area (Å²) in [4.78, 5) is 12.3. The van der Waals surface area contributed by atoms with Gasteiger partial charge in [-0.3, -0.25) is 0 Å². The van der Waals surface area contributed by atoms with E-state index >= 15 is 0 Å². The molecule has 3 nitrogen and oxygen atoms in total. The number of carbonyl (C=O) groups is 1. The number of halogens is 6. The third-order valence-corrected chi connectivity index (χ3v) is 8.21. The average Bonchev–Trinajstić information content (AvgIpc) is 2.96. The number of esters is 1. The lowest BCUT2D eigenvalue weighted by Crippen LogP contribution is -2.15. The lowest BCUT2D eigenvalue weighted by molar-refractivity contribution is 0.0723. The van der Waals surface area contributed by atoms with Crippen molar-refractivity contribution in [2.45, 2.75) is 71.1 Å². The highest BCUT2D eigenvalue weighted by Crippen LogP contribution is 2.34. The molecule has 9 heteroatoms. The van der Waals surface area contributed by atoms with E-state index in [0.29, 0.717) is 30.0 Å². The van der Waals surface area contributed by atoms with Gasteiger partial charge in [-0.1, -0.05) is 64.4 Å². The summed E-state index contributed by atoms with van der Waals surface area (Å²) in [5.74, 6) is -7.93. The minimum Gasteiger partial charge on any atom is -0.423 e. The van der Waals surface area contributed by atoms with Crippen LogP contribution in [0.5, 0.6) is 5.75 Å². The number of unbranched alkanes of at least 4 members (excludes halogenated alkanes) is 2. The predicted molar refractivity (Wildman–Crippen MR) is 156 cm³/mol. The van der Waals surface area contributed by atoms with Crippen molar-refractivity contribution in [1.29, 1.82) is 5.26 Å². The van der Waals surface area contributed by atoms with E-state index in [1.165, 1.54) is 56.7 Å². The smallest absolute Gasteiger partial charge is 0.349 e. The minimum absolute atomic E-state index is 0.139. The molecule has 0 spiro atoms. The van der Waals surface area contributed by atoms with Gasteiger partial charge in [0.25, 0.3) is 0 Å². The summed E-state index contributed by atoms with van der Waals surface area (Å²) in [5.41, 5.74) is -2.02. The monoisotopic (exact) mass is 613 g/mol. The maximum absolute atomic E-state index is 14.8. The average molecular weight is 614 g/mol. The third-order valence-electron chi connectivity index (χ3n) is 8.21. The Hall–Kier alpha value is -4.06. The lowest BCUT2D eigenvalue weighted by Gasteiger charge is -2.28. The van der Waals surface area contributed by atoms with Gasteiger partial charge < -0.3 is 4.74 Å². The highest BCUT2D eigenvalue weighted by molar-refractivity contribution is 5.92. The number of carbonyl (C=O) groups excluding carboxylic acids is 1. The molecule has 1 aliphatic carbocycles.